The monoisotopic (exact) mass is 288 g/mol. The van der Waals surface area contributed by atoms with Gasteiger partial charge in [-0.15, -0.1) is 0 Å². The molecule has 1 amide bonds. The molecule has 0 aliphatic heterocycles. The maximum Gasteiger partial charge on any atom is 0.273 e. The largest absolute Gasteiger partial charge is 0.444 e. The van der Waals surface area contributed by atoms with E-state index in [0.717, 1.165) is 5.56 Å². The standard InChI is InChI=1S/C16H20N2O3/c1-11(2)14(19)8-9-17-15(20)13-10-21-16(18-13)12-6-4-3-5-7-12/h3-7,10-11,14,19H,8-9H2,1-2H3,(H,17,20). The molecular weight excluding hydrogens is 268 g/mol. The van der Waals surface area contributed by atoms with Gasteiger partial charge in [0.25, 0.3) is 5.91 Å². The van der Waals surface area contributed by atoms with E-state index in [1.807, 2.05) is 44.2 Å². The molecule has 0 saturated heterocycles. The van der Waals surface area contributed by atoms with Gasteiger partial charge in [-0.1, -0.05) is 32.0 Å². The molecule has 0 aliphatic rings. The van der Waals surface area contributed by atoms with Crippen molar-refractivity contribution in [2.45, 2.75) is 26.4 Å². The average molecular weight is 288 g/mol. The highest BCUT2D eigenvalue weighted by Gasteiger charge is 2.14. The van der Waals surface area contributed by atoms with Crippen LogP contribution >= 0.6 is 0 Å². The SMILES string of the molecule is CC(C)C(O)CCNC(=O)c1coc(-c2ccccc2)n1. The number of nitrogens with zero attached hydrogens (tertiary/aromatic N) is 1. The Labute approximate surface area is 124 Å². The zero-order valence-corrected chi connectivity index (χ0v) is 12.2. The van der Waals surface area contributed by atoms with Gasteiger partial charge in [-0.3, -0.25) is 4.79 Å². The highest BCUT2D eigenvalue weighted by molar-refractivity contribution is 5.92. The van der Waals surface area contributed by atoms with Crippen molar-refractivity contribution in [3.8, 4) is 11.5 Å². The van der Waals surface area contributed by atoms with Crippen LogP contribution in [0.3, 0.4) is 0 Å². The molecule has 1 atom stereocenters. The van der Waals surface area contributed by atoms with E-state index in [2.05, 4.69) is 10.3 Å². The van der Waals surface area contributed by atoms with Crippen molar-refractivity contribution in [2.24, 2.45) is 5.92 Å². The number of hydrogen-bond acceptors (Lipinski definition) is 4. The Morgan fingerprint density at radius 3 is 2.71 bits per heavy atom. The summed E-state index contributed by atoms with van der Waals surface area (Å²) in [4.78, 5) is 16.1. The molecule has 0 saturated carbocycles. The first-order valence-electron chi connectivity index (χ1n) is 7.05. The summed E-state index contributed by atoms with van der Waals surface area (Å²) in [5, 5.41) is 12.4. The van der Waals surface area contributed by atoms with Crippen LogP contribution in [0.25, 0.3) is 11.5 Å². The van der Waals surface area contributed by atoms with E-state index in [0.29, 0.717) is 18.9 Å². The maximum atomic E-state index is 11.9. The van der Waals surface area contributed by atoms with Gasteiger partial charge in [0.1, 0.15) is 6.26 Å². The zero-order chi connectivity index (χ0) is 15.2. The first-order valence-corrected chi connectivity index (χ1v) is 7.05. The van der Waals surface area contributed by atoms with Crippen LogP contribution < -0.4 is 5.32 Å². The molecule has 5 heteroatoms. The number of aromatic nitrogens is 1. The zero-order valence-electron chi connectivity index (χ0n) is 12.2. The quantitative estimate of drug-likeness (QED) is 0.856. The van der Waals surface area contributed by atoms with E-state index in [1.165, 1.54) is 6.26 Å². The highest BCUT2D eigenvalue weighted by atomic mass is 16.3. The van der Waals surface area contributed by atoms with E-state index in [1.54, 1.807) is 0 Å². The number of amides is 1. The number of carbonyl (C=O) groups is 1. The van der Waals surface area contributed by atoms with Crippen molar-refractivity contribution in [3.63, 3.8) is 0 Å². The van der Waals surface area contributed by atoms with Gasteiger partial charge in [-0.25, -0.2) is 4.98 Å². The third-order valence-electron chi connectivity index (χ3n) is 3.25. The molecule has 0 fully saturated rings. The minimum Gasteiger partial charge on any atom is -0.444 e. The summed E-state index contributed by atoms with van der Waals surface area (Å²) in [5.74, 6) is 0.304. The lowest BCUT2D eigenvalue weighted by Crippen LogP contribution is -2.28. The molecule has 2 N–H and O–H groups in total. The summed E-state index contributed by atoms with van der Waals surface area (Å²) in [6, 6.07) is 9.40. The first kappa shape index (κ1) is 15.3. The topological polar surface area (TPSA) is 75.4 Å². The third kappa shape index (κ3) is 4.16. The Balaban J connectivity index is 1.91. The Hall–Kier alpha value is -2.14. The molecule has 1 heterocycles. The van der Waals surface area contributed by atoms with Crippen LogP contribution in [0.2, 0.25) is 0 Å². The van der Waals surface area contributed by atoms with Gasteiger partial charge in [0, 0.05) is 12.1 Å². The molecule has 1 unspecified atom stereocenters. The Kier molecular flexibility index (Phi) is 5.11. The fraction of sp³-hybridized carbons (Fsp3) is 0.375. The second kappa shape index (κ2) is 7.04. The third-order valence-corrected chi connectivity index (χ3v) is 3.25. The van der Waals surface area contributed by atoms with Gasteiger partial charge in [-0.2, -0.15) is 0 Å². The van der Waals surface area contributed by atoms with Crippen LogP contribution in [0.15, 0.2) is 41.0 Å². The summed E-state index contributed by atoms with van der Waals surface area (Å²) < 4.78 is 5.32. The predicted octanol–water partition coefficient (Wildman–Crippen LogP) is 2.48. The van der Waals surface area contributed by atoms with Gasteiger partial charge in [0.2, 0.25) is 5.89 Å². The molecule has 5 nitrogen and oxygen atoms in total. The Morgan fingerprint density at radius 1 is 1.33 bits per heavy atom. The number of benzene rings is 1. The molecule has 2 rings (SSSR count). The van der Waals surface area contributed by atoms with E-state index >= 15 is 0 Å². The molecule has 21 heavy (non-hydrogen) atoms. The first-order chi connectivity index (χ1) is 10.1. The number of rotatable bonds is 6. The number of aliphatic hydroxyl groups is 1. The number of carbonyl (C=O) groups excluding carboxylic acids is 1. The van der Waals surface area contributed by atoms with Gasteiger partial charge >= 0.3 is 0 Å². The van der Waals surface area contributed by atoms with Crippen molar-refractivity contribution < 1.29 is 14.3 Å². The van der Waals surface area contributed by atoms with Crippen LogP contribution in [0.5, 0.6) is 0 Å². The van der Waals surface area contributed by atoms with Crippen LogP contribution in [0.1, 0.15) is 30.8 Å². The molecule has 0 bridgehead atoms. The Morgan fingerprint density at radius 2 is 2.05 bits per heavy atom. The van der Waals surface area contributed by atoms with Gasteiger partial charge in [0.05, 0.1) is 6.10 Å². The molecule has 2 aromatic rings. The van der Waals surface area contributed by atoms with E-state index in [9.17, 15) is 9.90 Å². The number of oxazole rings is 1. The summed E-state index contributed by atoms with van der Waals surface area (Å²) in [6.45, 7) is 4.29. The second-order valence-corrected chi connectivity index (χ2v) is 5.26. The molecular formula is C16H20N2O3. The van der Waals surface area contributed by atoms with E-state index in [4.69, 9.17) is 4.42 Å². The van der Waals surface area contributed by atoms with Crippen LogP contribution in [-0.4, -0.2) is 28.6 Å². The molecule has 1 aromatic heterocycles. The van der Waals surface area contributed by atoms with Crippen molar-refractivity contribution in [2.75, 3.05) is 6.54 Å². The molecule has 0 radical (unpaired) electrons. The summed E-state index contributed by atoms with van der Waals surface area (Å²) >= 11 is 0. The fourth-order valence-electron chi connectivity index (χ4n) is 1.85. The minimum atomic E-state index is -0.414. The lowest BCUT2D eigenvalue weighted by Gasteiger charge is -2.13. The lowest BCUT2D eigenvalue weighted by atomic mass is 10.0. The molecule has 112 valence electrons. The predicted molar refractivity (Wildman–Crippen MR) is 79.7 cm³/mol. The van der Waals surface area contributed by atoms with E-state index in [-0.39, 0.29) is 17.5 Å². The fourth-order valence-corrected chi connectivity index (χ4v) is 1.85. The summed E-state index contributed by atoms with van der Waals surface area (Å²) in [5.41, 5.74) is 1.07. The van der Waals surface area contributed by atoms with Crippen molar-refractivity contribution in [1.29, 1.82) is 0 Å². The smallest absolute Gasteiger partial charge is 0.273 e. The lowest BCUT2D eigenvalue weighted by molar-refractivity contribution is 0.0915. The van der Waals surface area contributed by atoms with Crippen molar-refractivity contribution in [1.82, 2.24) is 10.3 Å². The summed E-state index contributed by atoms with van der Waals surface area (Å²) in [7, 11) is 0. The molecule has 0 aliphatic carbocycles. The Bertz CT molecular complexity index is 578. The van der Waals surface area contributed by atoms with Gasteiger partial charge in [0.15, 0.2) is 5.69 Å². The summed E-state index contributed by atoms with van der Waals surface area (Å²) in [6.07, 6.45) is 1.45. The molecule has 1 aromatic carbocycles. The molecule has 0 spiro atoms. The average Bonchev–Trinajstić information content (AvgIpc) is 2.97. The van der Waals surface area contributed by atoms with E-state index < -0.39 is 6.10 Å². The number of aliphatic hydroxyl groups excluding tert-OH is 1. The van der Waals surface area contributed by atoms with Crippen LogP contribution in [0.4, 0.5) is 0 Å². The second-order valence-electron chi connectivity index (χ2n) is 5.26. The van der Waals surface area contributed by atoms with Crippen molar-refractivity contribution in [3.05, 3.63) is 42.3 Å². The number of hydrogen-bond donors (Lipinski definition) is 2. The maximum absolute atomic E-state index is 11.9. The van der Waals surface area contributed by atoms with Gasteiger partial charge < -0.3 is 14.8 Å². The van der Waals surface area contributed by atoms with Crippen LogP contribution in [-0.2, 0) is 0 Å². The minimum absolute atomic E-state index is 0.179. The highest BCUT2D eigenvalue weighted by Crippen LogP contribution is 2.17. The normalized spacial score (nSPS) is 12.4. The van der Waals surface area contributed by atoms with Crippen molar-refractivity contribution >= 4 is 5.91 Å². The van der Waals surface area contributed by atoms with Crippen LogP contribution in [0, 0.1) is 5.92 Å². The van der Waals surface area contributed by atoms with Gasteiger partial charge in [-0.05, 0) is 24.5 Å². The number of nitrogens with one attached hydrogen (secondary N) is 1.